The Morgan fingerprint density at radius 3 is 3.11 bits per heavy atom. The van der Waals surface area contributed by atoms with Crippen molar-refractivity contribution in [3.63, 3.8) is 0 Å². The van der Waals surface area contributed by atoms with Crippen molar-refractivity contribution in [1.82, 2.24) is 4.90 Å². The highest BCUT2D eigenvalue weighted by atomic mass is 16.5. The fraction of sp³-hybridized carbons (Fsp3) is 0.571. The molecule has 0 amide bonds. The number of benzene rings is 1. The maximum Gasteiger partial charge on any atom is 0.115 e. The minimum atomic E-state index is -0.0267. The molecule has 4 heteroatoms. The maximum atomic E-state index is 9.44. The number of nitrogens with two attached hydrogens (primary N) is 1. The molecule has 100 valence electrons. The van der Waals surface area contributed by atoms with Crippen LogP contribution in [0.1, 0.15) is 12.5 Å². The quantitative estimate of drug-likeness (QED) is 0.836. The SMILES string of the molecule is CCN1CCOC(C(N)Cc2cccc(O)c2)C1. The van der Waals surface area contributed by atoms with E-state index in [1.165, 1.54) is 0 Å². The Balaban J connectivity index is 1.93. The van der Waals surface area contributed by atoms with Gasteiger partial charge in [0.05, 0.1) is 12.7 Å². The van der Waals surface area contributed by atoms with Gasteiger partial charge in [-0.3, -0.25) is 4.90 Å². The van der Waals surface area contributed by atoms with Crippen molar-refractivity contribution in [2.75, 3.05) is 26.2 Å². The van der Waals surface area contributed by atoms with Crippen LogP contribution in [0.3, 0.4) is 0 Å². The Labute approximate surface area is 108 Å². The Bertz CT molecular complexity index is 384. The summed E-state index contributed by atoms with van der Waals surface area (Å²) in [5, 5.41) is 9.44. The van der Waals surface area contributed by atoms with E-state index in [1.807, 2.05) is 12.1 Å². The molecule has 1 aromatic rings. The van der Waals surface area contributed by atoms with Crippen LogP contribution in [0.15, 0.2) is 24.3 Å². The summed E-state index contributed by atoms with van der Waals surface area (Å²) < 4.78 is 5.75. The third kappa shape index (κ3) is 3.45. The molecule has 3 N–H and O–H groups in total. The van der Waals surface area contributed by atoms with E-state index >= 15 is 0 Å². The third-order valence-corrected chi connectivity index (χ3v) is 3.48. The molecule has 2 atom stereocenters. The molecule has 0 aromatic heterocycles. The number of hydrogen-bond acceptors (Lipinski definition) is 4. The molecule has 0 saturated carbocycles. The number of hydrogen-bond donors (Lipinski definition) is 2. The standard InChI is InChI=1S/C14H22N2O2/c1-2-16-6-7-18-14(10-16)13(15)9-11-4-3-5-12(17)8-11/h3-5,8,13-14,17H,2,6-7,9-10,15H2,1H3. The predicted molar refractivity (Wildman–Crippen MR) is 71.6 cm³/mol. The second-order valence-electron chi connectivity index (χ2n) is 4.84. The van der Waals surface area contributed by atoms with Crippen LogP contribution in [0.5, 0.6) is 5.75 Å². The van der Waals surface area contributed by atoms with Gasteiger partial charge in [-0.2, -0.15) is 0 Å². The largest absolute Gasteiger partial charge is 0.508 e. The summed E-state index contributed by atoms with van der Waals surface area (Å²) in [6.45, 7) is 5.84. The van der Waals surface area contributed by atoms with E-state index in [-0.39, 0.29) is 12.1 Å². The van der Waals surface area contributed by atoms with Crippen LogP contribution < -0.4 is 5.73 Å². The number of nitrogens with zero attached hydrogens (tertiary/aromatic N) is 1. The van der Waals surface area contributed by atoms with Gasteiger partial charge in [0.15, 0.2) is 0 Å². The monoisotopic (exact) mass is 250 g/mol. The maximum absolute atomic E-state index is 9.44. The molecule has 0 bridgehead atoms. The van der Waals surface area contributed by atoms with E-state index in [0.717, 1.165) is 38.2 Å². The van der Waals surface area contributed by atoms with Crippen LogP contribution in [0.4, 0.5) is 0 Å². The van der Waals surface area contributed by atoms with Gasteiger partial charge in [-0.25, -0.2) is 0 Å². The molecule has 2 unspecified atom stereocenters. The highest BCUT2D eigenvalue weighted by Gasteiger charge is 2.25. The van der Waals surface area contributed by atoms with Crippen LogP contribution in [0, 0.1) is 0 Å². The molecule has 1 aliphatic heterocycles. The van der Waals surface area contributed by atoms with Crippen molar-refractivity contribution < 1.29 is 9.84 Å². The summed E-state index contributed by atoms with van der Waals surface area (Å²) in [5.41, 5.74) is 7.27. The molecule has 0 radical (unpaired) electrons. The average Bonchev–Trinajstić information content (AvgIpc) is 2.39. The molecular weight excluding hydrogens is 228 g/mol. The topological polar surface area (TPSA) is 58.7 Å². The normalized spacial score (nSPS) is 22.9. The first-order chi connectivity index (χ1) is 8.69. The second-order valence-corrected chi connectivity index (χ2v) is 4.84. The number of morpholine rings is 1. The molecular formula is C14H22N2O2. The summed E-state index contributed by atoms with van der Waals surface area (Å²) in [4.78, 5) is 2.36. The van der Waals surface area contributed by atoms with E-state index in [9.17, 15) is 5.11 Å². The molecule has 4 nitrogen and oxygen atoms in total. The van der Waals surface area contributed by atoms with Crippen LogP contribution >= 0.6 is 0 Å². The highest BCUT2D eigenvalue weighted by Crippen LogP contribution is 2.15. The lowest BCUT2D eigenvalue weighted by atomic mass is 10.0. The van der Waals surface area contributed by atoms with Gasteiger partial charge in [0.2, 0.25) is 0 Å². The lowest BCUT2D eigenvalue weighted by Gasteiger charge is -2.35. The number of rotatable bonds is 4. The van der Waals surface area contributed by atoms with Crippen molar-refractivity contribution in [3.8, 4) is 5.75 Å². The Hall–Kier alpha value is -1.10. The molecule has 1 aromatic carbocycles. The number of ether oxygens (including phenoxy) is 1. The third-order valence-electron chi connectivity index (χ3n) is 3.48. The molecule has 0 spiro atoms. The van der Waals surface area contributed by atoms with Crippen molar-refractivity contribution in [2.24, 2.45) is 5.73 Å². The summed E-state index contributed by atoms with van der Waals surface area (Å²) >= 11 is 0. The van der Waals surface area contributed by atoms with Crippen molar-refractivity contribution >= 4 is 0 Å². The molecule has 1 aliphatic rings. The molecule has 2 rings (SSSR count). The van der Waals surface area contributed by atoms with Gasteiger partial charge in [-0.1, -0.05) is 19.1 Å². The predicted octanol–water partition coefficient (Wildman–Crippen LogP) is 0.983. The summed E-state index contributed by atoms with van der Waals surface area (Å²) in [5.74, 6) is 0.291. The first kappa shape index (κ1) is 13.3. The Morgan fingerprint density at radius 2 is 2.39 bits per heavy atom. The fourth-order valence-corrected chi connectivity index (χ4v) is 2.36. The van der Waals surface area contributed by atoms with E-state index in [1.54, 1.807) is 12.1 Å². The zero-order valence-electron chi connectivity index (χ0n) is 10.9. The molecule has 0 aliphatic carbocycles. The van der Waals surface area contributed by atoms with Crippen molar-refractivity contribution in [2.45, 2.75) is 25.5 Å². The smallest absolute Gasteiger partial charge is 0.115 e. The van der Waals surface area contributed by atoms with E-state index in [0.29, 0.717) is 5.75 Å². The van der Waals surface area contributed by atoms with Gasteiger partial charge in [0.25, 0.3) is 0 Å². The lowest BCUT2D eigenvalue weighted by molar-refractivity contribution is -0.0385. The molecule has 18 heavy (non-hydrogen) atoms. The van der Waals surface area contributed by atoms with Gasteiger partial charge in [-0.05, 0) is 30.7 Å². The van der Waals surface area contributed by atoms with Crippen LogP contribution in [-0.2, 0) is 11.2 Å². The zero-order chi connectivity index (χ0) is 13.0. The van der Waals surface area contributed by atoms with Crippen molar-refractivity contribution in [1.29, 1.82) is 0 Å². The van der Waals surface area contributed by atoms with Crippen LogP contribution in [-0.4, -0.2) is 48.4 Å². The summed E-state index contributed by atoms with van der Waals surface area (Å²) in [7, 11) is 0. The Kier molecular flexibility index (Phi) is 4.58. The van der Waals surface area contributed by atoms with Gasteiger partial charge < -0.3 is 15.6 Å². The molecule has 1 fully saturated rings. The highest BCUT2D eigenvalue weighted by molar-refractivity contribution is 5.27. The number of phenolic OH excluding ortho intramolecular Hbond substituents is 1. The summed E-state index contributed by atoms with van der Waals surface area (Å²) in [6, 6.07) is 7.24. The minimum Gasteiger partial charge on any atom is -0.508 e. The van der Waals surface area contributed by atoms with Crippen LogP contribution in [0.2, 0.25) is 0 Å². The number of likely N-dealkylation sites (N-methyl/N-ethyl adjacent to an activating group) is 1. The van der Waals surface area contributed by atoms with E-state index < -0.39 is 0 Å². The van der Waals surface area contributed by atoms with Crippen molar-refractivity contribution in [3.05, 3.63) is 29.8 Å². The first-order valence-corrected chi connectivity index (χ1v) is 6.56. The number of aromatic hydroxyl groups is 1. The van der Waals surface area contributed by atoms with Gasteiger partial charge in [-0.15, -0.1) is 0 Å². The average molecular weight is 250 g/mol. The van der Waals surface area contributed by atoms with E-state index in [4.69, 9.17) is 10.5 Å². The number of phenols is 1. The molecule has 1 heterocycles. The van der Waals surface area contributed by atoms with Gasteiger partial charge >= 0.3 is 0 Å². The second kappa shape index (κ2) is 6.18. The molecule has 1 saturated heterocycles. The van der Waals surface area contributed by atoms with Crippen LogP contribution in [0.25, 0.3) is 0 Å². The zero-order valence-corrected chi connectivity index (χ0v) is 10.9. The minimum absolute atomic E-state index is 0.0267. The van der Waals surface area contributed by atoms with Gasteiger partial charge in [0, 0.05) is 19.1 Å². The first-order valence-electron chi connectivity index (χ1n) is 6.56. The summed E-state index contributed by atoms with van der Waals surface area (Å²) in [6.07, 6.45) is 0.817. The van der Waals surface area contributed by atoms with Gasteiger partial charge in [0.1, 0.15) is 5.75 Å². The van der Waals surface area contributed by atoms with E-state index in [2.05, 4.69) is 11.8 Å². The lowest BCUT2D eigenvalue weighted by Crippen LogP contribution is -2.51. The fourth-order valence-electron chi connectivity index (χ4n) is 2.36. The Morgan fingerprint density at radius 1 is 1.56 bits per heavy atom.